The van der Waals surface area contributed by atoms with E-state index in [-0.39, 0.29) is 94.0 Å². The standard InChI is InChI=1S/C17H15NO2S2.2C13H13NO2S2.C13H15NOS2.C12H7NO2S.6C2H6/c1-9-10(2)21-16-17(20)22-14-8-12-6-4-3-5-11(12)7-13(14)15(19)18(9)16;1-7-11-13(16)18-10-6-4-3-5-9(10)12(15)14(11)8(2)17-7;1-7-8(2)17-12-13(16)18-10-6-4-3-5-9(10)11(15)14(7)12;1-8-9(2)17-12-7-16-11-6-4-3-5-10(11)13(15)14(8)12;14-11-8-4-1-2-6-10(8)16-12(15)9-5-3-7-13(9)11;6*1-2/h3-10,16H,1-2H3;3-8,11H,1-2H3;3-8,12H,1-2H3;3-6,8-9,12H,7H2,1-2H3;1-7H;6*1-2H3. The van der Waals surface area contributed by atoms with Gasteiger partial charge in [0.15, 0.2) is 0 Å². The normalized spacial score (nSPS) is 24.1. The molecule has 0 bridgehead atoms. The topological polar surface area (TPSA) is 171 Å². The molecule has 4 fully saturated rings. The van der Waals surface area contributed by atoms with Crippen LogP contribution in [0.2, 0.25) is 0 Å². The lowest BCUT2D eigenvalue weighted by molar-refractivity contribution is -0.115. The van der Waals surface area contributed by atoms with Crippen molar-refractivity contribution in [1.82, 2.24) is 24.0 Å². The number of nitrogens with zero attached hydrogens (tertiary/aromatic N) is 5. The maximum atomic E-state index is 13.0. The molecule has 8 aromatic rings. The van der Waals surface area contributed by atoms with Gasteiger partial charge in [0.1, 0.15) is 22.3 Å². The third-order valence-corrected chi connectivity index (χ3v) is 28.8. The van der Waals surface area contributed by atoms with Gasteiger partial charge in [-0.1, -0.05) is 195 Å². The van der Waals surface area contributed by atoms with Crippen molar-refractivity contribution in [3.05, 3.63) is 194 Å². The smallest absolute Gasteiger partial charge is 0.263 e. The van der Waals surface area contributed by atoms with E-state index in [9.17, 15) is 43.2 Å². The molecule has 0 aliphatic carbocycles. The van der Waals surface area contributed by atoms with Gasteiger partial charge in [-0.25, -0.2) is 0 Å². The Morgan fingerprint density at radius 3 is 1.34 bits per heavy atom. The van der Waals surface area contributed by atoms with Crippen LogP contribution in [-0.4, -0.2) is 135 Å². The molecule has 4 saturated heterocycles. The van der Waals surface area contributed by atoms with Gasteiger partial charge in [0, 0.05) is 75.4 Å². The number of rotatable bonds is 0. The summed E-state index contributed by atoms with van der Waals surface area (Å²) >= 11 is 13.3. The van der Waals surface area contributed by atoms with Gasteiger partial charge in [-0.05, 0) is 147 Å². The molecule has 8 aliphatic heterocycles. The van der Waals surface area contributed by atoms with Crippen molar-refractivity contribution in [3.63, 3.8) is 0 Å². The number of fused-ring (bicyclic) bond motifs is 11. The number of benzene rings is 6. The number of amides is 4. The van der Waals surface area contributed by atoms with Crippen molar-refractivity contribution >= 4 is 171 Å². The van der Waals surface area contributed by atoms with Gasteiger partial charge in [0.05, 0.1) is 38.4 Å². The summed E-state index contributed by atoms with van der Waals surface area (Å²) in [6.07, 6.45) is 1.62. The quantitative estimate of drug-likeness (QED) is 0.140. The Morgan fingerprint density at radius 2 is 0.786 bits per heavy atom. The Balaban J connectivity index is 0.000000195. The van der Waals surface area contributed by atoms with E-state index in [0.717, 1.165) is 57.7 Å². The Kier molecular flexibility index (Phi) is 34.0. The van der Waals surface area contributed by atoms with Crippen LogP contribution in [0.15, 0.2) is 181 Å². The van der Waals surface area contributed by atoms with E-state index in [0.29, 0.717) is 49.5 Å². The van der Waals surface area contributed by atoms with Crippen molar-refractivity contribution in [2.75, 3.05) is 5.75 Å². The largest absolute Gasteiger partial charge is 0.322 e. The third kappa shape index (κ3) is 18.9. The van der Waals surface area contributed by atoms with Gasteiger partial charge < -0.3 is 19.6 Å². The Morgan fingerprint density at radius 1 is 0.369 bits per heavy atom. The Bertz CT molecular complexity index is 4380. The molecular formula is C80H99N5O9S9. The van der Waals surface area contributed by atoms with Crippen LogP contribution >= 0.6 is 105 Å². The molecule has 0 saturated carbocycles. The number of carbonyl (C=O) groups excluding carboxylic acids is 7. The van der Waals surface area contributed by atoms with Crippen molar-refractivity contribution in [1.29, 1.82) is 0 Å². The van der Waals surface area contributed by atoms with Crippen LogP contribution in [0.4, 0.5) is 0 Å². The molecule has 23 heteroatoms. The van der Waals surface area contributed by atoms with E-state index in [4.69, 9.17) is 0 Å². The minimum absolute atomic E-state index is 0.0155. The molecule has 12 atom stereocenters. The first-order valence-corrected chi connectivity index (χ1v) is 43.8. The summed E-state index contributed by atoms with van der Waals surface area (Å²) in [5, 5.41) is 3.86. The minimum Gasteiger partial charge on any atom is -0.322 e. The maximum absolute atomic E-state index is 13.0. The SMILES string of the molecule is CC.CC.CC.CC.CC.CC.CC1SC(C)N2C(=O)c3ccccc3SC(=O)C12.CC1SC2C(=O)Sc3cc4ccccc4cc3C(=O)N2C1C.CC1SC2C(=O)Sc3ccccc3C(=O)N2C1C.CC1SC2CSc3ccccc3C(=O)N2C1C.O=c1sc2ccccc2c(=O)n2cccc12. The molecule has 16 rings (SSSR count). The molecular weight excluding hydrogens is 1460 g/mol. The average molecular weight is 1560 g/mol. The van der Waals surface area contributed by atoms with Gasteiger partial charge in [-0.3, -0.25) is 47.6 Å². The summed E-state index contributed by atoms with van der Waals surface area (Å²) < 4.78 is 2.03. The Labute approximate surface area is 647 Å². The van der Waals surface area contributed by atoms with E-state index in [1.165, 1.54) is 39.7 Å². The second-order valence-corrected chi connectivity index (χ2v) is 34.3. The maximum Gasteiger partial charge on any atom is 0.263 e. The van der Waals surface area contributed by atoms with Gasteiger partial charge in [0.2, 0.25) is 15.3 Å². The van der Waals surface area contributed by atoms with E-state index in [1.54, 1.807) is 98.6 Å². The third-order valence-electron chi connectivity index (χ3n) is 17.3. The fourth-order valence-corrected chi connectivity index (χ4v) is 23.2. The van der Waals surface area contributed by atoms with E-state index >= 15 is 0 Å². The molecule has 4 amide bonds. The number of thioether (sulfide) groups is 8. The van der Waals surface area contributed by atoms with Crippen molar-refractivity contribution < 1.29 is 33.6 Å². The van der Waals surface area contributed by atoms with Crippen molar-refractivity contribution in [2.45, 2.75) is 225 Å². The lowest BCUT2D eigenvalue weighted by Gasteiger charge is -2.25. The van der Waals surface area contributed by atoms with Crippen molar-refractivity contribution in [2.24, 2.45) is 0 Å². The molecule has 8 aliphatic rings. The number of carbonyl (C=O) groups is 7. The van der Waals surface area contributed by atoms with E-state index < -0.39 is 0 Å². The highest BCUT2D eigenvalue weighted by Crippen LogP contribution is 2.48. The summed E-state index contributed by atoms with van der Waals surface area (Å²) in [5.74, 6) is 1.16. The molecule has 2 aromatic heterocycles. The second-order valence-electron chi connectivity index (χ2n) is 22.9. The molecule has 103 heavy (non-hydrogen) atoms. The van der Waals surface area contributed by atoms with Crippen LogP contribution < -0.4 is 10.3 Å². The van der Waals surface area contributed by atoms with Crippen LogP contribution in [0.25, 0.3) is 26.4 Å². The molecule has 0 N–H and O–H groups in total. The monoisotopic (exact) mass is 1560 g/mol. The van der Waals surface area contributed by atoms with Crippen molar-refractivity contribution in [3.8, 4) is 0 Å². The number of hydrogen-bond donors (Lipinski definition) is 0. The zero-order valence-electron chi connectivity index (χ0n) is 62.7. The summed E-state index contributed by atoms with van der Waals surface area (Å²) in [7, 11) is 0. The van der Waals surface area contributed by atoms with Crippen LogP contribution in [0, 0.1) is 0 Å². The molecule has 552 valence electrons. The molecule has 6 aromatic carbocycles. The summed E-state index contributed by atoms with van der Waals surface area (Å²) in [6, 6.07) is 45.3. The number of aromatic nitrogens is 1. The average Bonchev–Trinajstić information content (AvgIpc) is 1.66. The molecule has 12 unspecified atom stereocenters. The highest BCUT2D eigenvalue weighted by molar-refractivity contribution is 8.17. The zero-order valence-corrected chi connectivity index (χ0v) is 70.0. The van der Waals surface area contributed by atoms with Gasteiger partial charge in [-0.15, -0.1) is 58.8 Å². The molecule has 0 radical (unpaired) electrons. The van der Waals surface area contributed by atoms with E-state index in [2.05, 4.69) is 38.7 Å². The number of hydrogen-bond acceptors (Lipinski definition) is 18. The summed E-state index contributed by atoms with van der Waals surface area (Å²) in [5.41, 5.74) is 3.13. The van der Waals surface area contributed by atoms with Crippen LogP contribution in [0.3, 0.4) is 0 Å². The Hall–Kier alpha value is -5.89. The predicted molar refractivity (Wildman–Crippen MR) is 446 cm³/mol. The van der Waals surface area contributed by atoms with Gasteiger partial charge in [0.25, 0.3) is 33.9 Å². The van der Waals surface area contributed by atoms with Crippen LogP contribution in [-0.2, 0) is 14.4 Å². The van der Waals surface area contributed by atoms with Crippen LogP contribution in [0.1, 0.15) is 180 Å². The fourth-order valence-electron chi connectivity index (χ4n) is 12.1. The van der Waals surface area contributed by atoms with E-state index in [1.807, 2.05) is 231 Å². The minimum atomic E-state index is -0.363. The van der Waals surface area contributed by atoms with Gasteiger partial charge >= 0.3 is 0 Å². The summed E-state index contributed by atoms with van der Waals surface area (Å²) in [6.45, 7) is 40.6. The molecule has 14 nitrogen and oxygen atoms in total. The predicted octanol–water partition coefficient (Wildman–Crippen LogP) is 20.1. The fraction of sp³-hybridized carbons (Fsp3) is 0.412. The van der Waals surface area contributed by atoms with Gasteiger partial charge in [-0.2, -0.15) is 0 Å². The zero-order chi connectivity index (χ0) is 76.3. The lowest BCUT2D eigenvalue weighted by atomic mass is 10.1. The highest BCUT2D eigenvalue weighted by atomic mass is 32.2. The molecule has 0 spiro atoms. The first kappa shape index (κ1) is 86.0. The lowest BCUT2D eigenvalue weighted by Crippen LogP contribution is -2.44. The summed E-state index contributed by atoms with van der Waals surface area (Å²) in [4.78, 5) is 123. The van der Waals surface area contributed by atoms with Crippen LogP contribution in [0.5, 0.6) is 0 Å². The second kappa shape index (κ2) is 40.7. The first-order valence-electron chi connectivity index (χ1n) is 35.7. The highest BCUT2D eigenvalue weighted by Gasteiger charge is 2.50. The first-order chi connectivity index (χ1) is 49.7. The molecule has 10 heterocycles.